The second-order valence-electron chi connectivity index (χ2n) is 18.8. The van der Waals surface area contributed by atoms with Crippen molar-refractivity contribution in [2.24, 2.45) is 44.6 Å². The number of primary amides is 1. The summed E-state index contributed by atoms with van der Waals surface area (Å²) in [5.74, 6) is -8.30. The van der Waals surface area contributed by atoms with Crippen molar-refractivity contribution >= 4 is 91.0 Å². The van der Waals surface area contributed by atoms with Crippen LogP contribution in [0.4, 0.5) is 0 Å². The molecule has 2 fully saturated rings. The van der Waals surface area contributed by atoms with E-state index < -0.39 is 128 Å². The molecular formula is C44H79N16O14PS. The number of hydrogen-bond donors (Lipinski definition) is 15. The molecule has 0 radical (unpaired) electrons. The first-order chi connectivity index (χ1) is 35.7. The van der Waals surface area contributed by atoms with Crippen LogP contribution in [0, 0.1) is 5.92 Å². The van der Waals surface area contributed by atoms with Gasteiger partial charge in [0.25, 0.3) is 0 Å². The number of phosphoric acid groups is 1. The first-order valence-corrected chi connectivity index (χ1v) is 27.8. The van der Waals surface area contributed by atoms with Crippen molar-refractivity contribution in [3.63, 3.8) is 0 Å². The lowest BCUT2D eigenvalue weighted by Gasteiger charge is -2.32. The molecule has 0 spiro atoms. The maximum atomic E-state index is 14.3. The topological polar surface area (TPSA) is 492 Å². The molecule has 20 N–H and O–H groups in total. The van der Waals surface area contributed by atoms with E-state index in [-0.39, 0.29) is 76.0 Å². The Kier molecular flexibility index (Phi) is 28.7. The van der Waals surface area contributed by atoms with E-state index in [2.05, 4.69) is 52.5 Å². The normalized spacial score (nSPS) is 18.4. The van der Waals surface area contributed by atoms with Gasteiger partial charge in [0.05, 0.1) is 24.6 Å². The zero-order valence-electron chi connectivity index (χ0n) is 43.6. The summed E-state index contributed by atoms with van der Waals surface area (Å²) >= 11 is 1.48. The van der Waals surface area contributed by atoms with Crippen LogP contribution in [-0.2, 0) is 57.0 Å². The van der Waals surface area contributed by atoms with Crippen LogP contribution >= 0.6 is 19.6 Å². The Morgan fingerprint density at radius 3 is 1.80 bits per heavy atom. The van der Waals surface area contributed by atoms with Crippen LogP contribution in [-0.4, -0.2) is 185 Å². The third-order valence-electron chi connectivity index (χ3n) is 12.0. The van der Waals surface area contributed by atoms with Gasteiger partial charge in [-0.25, -0.2) is 4.57 Å². The number of nitrogens with zero attached hydrogens (tertiary/aromatic N) is 3. The molecule has 0 aromatic rings. The van der Waals surface area contributed by atoms with Crippen molar-refractivity contribution in [3.05, 3.63) is 0 Å². The highest BCUT2D eigenvalue weighted by Gasteiger charge is 2.42. The monoisotopic (exact) mass is 1120 g/mol. The van der Waals surface area contributed by atoms with Crippen LogP contribution in [0.15, 0.2) is 9.98 Å². The van der Waals surface area contributed by atoms with Crippen molar-refractivity contribution < 1.29 is 66.8 Å². The van der Waals surface area contributed by atoms with E-state index in [9.17, 15) is 62.3 Å². The van der Waals surface area contributed by atoms with Crippen LogP contribution in [0.5, 0.6) is 0 Å². The molecule has 0 aromatic heterocycles. The summed E-state index contributed by atoms with van der Waals surface area (Å²) in [5, 5.41) is 20.5. The van der Waals surface area contributed by atoms with Gasteiger partial charge in [-0.05, 0) is 103 Å². The smallest absolute Gasteiger partial charge is 0.370 e. The van der Waals surface area contributed by atoms with E-state index in [1.54, 1.807) is 13.8 Å². The number of thioether (sulfide) groups is 1. The molecule has 30 nitrogen and oxygen atoms in total. The zero-order valence-corrected chi connectivity index (χ0v) is 45.3. The van der Waals surface area contributed by atoms with Gasteiger partial charge in [0.1, 0.15) is 48.6 Å². The quantitative estimate of drug-likeness (QED) is 0.00940. The number of phosphoric ester groups is 1. The highest BCUT2D eigenvalue weighted by atomic mass is 32.2. The van der Waals surface area contributed by atoms with E-state index in [1.165, 1.54) is 23.6 Å². The van der Waals surface area contributed by atoms with Gasteiger partial charge in [-0.15, -0.1) is 0 Å². The van der Waals surface area contributed by atoms with Gasteiger partial charge in [-0.2, -0.15) is 11.8 Å². The minimum atomic E-state index is -5.41. The number of guanidine groups is 2. The zero-order chi connectivity index (χ0) is 57.3. The molecule has 0 unspecified atom stereocenters. The Bertz CT molecular complexity index is 2120. The highest BCUT2D eigenvalue weighted by molar-refractivity contribution is 7.98. The fourth-order valence-electron chi connectivity index (χ4n) is 8.17. The van der Waals surface area contributed by atoms with E-state index in [0.29, 0.717) is 44.3 Å². The van der Waals surface area contributed by atoms with Gasteiger partial charge in [-0.3, -0.25) is 57.7 Å². The third-order valence-corrected chi connectivity index (χ3v) is 13.2. The average Bonchev–Trinajstić information content (AvgIpc) is 4.06. The van der Waals surface area contributed by atoms with E-state index in [0.717, 1.165) is 6.92 Å². The maximum Gasteiger partial charge on any atom is 0.469 e. The second-order valence-corrected chi connectivity index (χ2v) is 21.0. The summed E-state index contributed by atoms with van der Waals surface area (Å²) in [6.45, 7) is 6.55. The van der Waals surface area contributed by atoms with E-state index in [4.69, 9.17) is 33.2 Å². The van der Waals surface area contributed by atoms with Crippen LogP contribution in [0.2, 0.25) is 0 Å². The summed E-state index contributed by atoms with van der Waals surface area (Å²) < 4.78 is 16.9. The number of aldehydes is 1. The molecule has 32 heteroatoms. The number of hydrogen-bond acceptors (Lipinski definition) is 16. The molecule has 0 bridgehead atoms. The first-order valence-electron chi connectivity index (χ1n) is 24.9. The van der Waals surface area contributed by atoms with Crippen molar-refractivity contribution in [2.45, 2.75) is 159 Å². The molecule has 430 valence electrons. The molecule has 9 amide bonds. The van der Waals surface area contributed by atoms with Crippen LogP contribution < -0.4 is 71.2 Å². The maximum absolute atomic E-state index is 14.3. The molecule has 2 heterocycles. The second kappa shape index (κ2) is 33.1. The Labute approximate surface area is 445 Å². The highest BCUT2D eigenvalue weighted by Crippen LogP contribution is 2.38. The molecule has 0 aromatic carbocycles. The summed E-state index contributed by atoms with van der Waals surface area (Å²) in [7, 11) is -5.41. The molecule has 0 aliphatic carbocycles. The molecule has 76 heavy (non-hydrogen) atoms. The molecular weight excluding hydrogens is 1040 g/mol. The largest absolute Gasteiger partial charge is 0.469 e. The number of nitrogens with one attached hydrogen (secondary N) is 8. The number of amides is 9. The van der Waals surface area contributed by atoms with Crippen molar-refractivity contribution in [2.75, 3.05) is 38.2 Å². The van der Waals surface area contributed by atoms with Crippen LogP contribution in [0.1, 0.15) is 98.3 Å². The molecule has 2 aliphatic heterocycles. The SMILES string of the molecule is CSCC[C@@H](C=O)NC(=O)[C@H](C)NC(=O)[C@@H]1CCCN1C(=O)[C@H](CC(C)C)NC(=O)[C@@H](NC(=O)[C@H](CC(N)=O)NC(=O)[C@H](CCCN=C(N)N)NC(=O)[C@H](CCCN=C(N)N)NC(=O)[C@@H]1CCCN1)[C@@H](C)OP(=O)(O)O. The summed E-state index contributed by atoms with van der Waals surface area (Å²) in [4.78, 5) is 163. The molecule has 2 aliphatic rings. The van der Waals surface area contributed by atoms with Gasteiger partial charge in [0.2, 0.25) is 53.2 Å². The van der Waals surface area contributed by atoms with Gasteiger partial charge in [0, 0.05) is 19.6 Å². The van der Waals surface area contributed by atoms with Crippen molar-refractivity contribution in [1.82, 2.24) is 47.4 Å². The standard InChI is InChI=1S/C44H79N16O14PS/c1-23(2)20-31(42(70)60-18-9-13-32(60)40(68)53-24(3)35(63)54-26(22-61)14-19-76-5)58-41(69)34(25(4)74-75(71,72)73)59-39(67)30(21-33(45)62)57-38(66)29(12-8-17-52-44(48)49)56-37(65)28(11-7-16-51-43(46)47)55-36(64)27-10-6-15-50-27/h22-32,34,50H,6-21H2,1-5H3,(H2,45,62)(H,53,68)(H,54,63)(H,55,64)(H,56,65)(H,57,66)(H,58,69)(H,59,67)(H4,46,47,51)(H4,48,49,52)(H2,71,72,73)/t24-,25+,26-,27-,28-,29-,30-,31-,32-,34-/m0/s1. The average molecular weight is 1120 g/mol. The molecule has 0 saturated carbocycles. The summed E-state index contributed by atoms with van der Waals surface area (Å²) in [6, 6.07) is -11.7. The number of carbonyl (C=O) groups is 10. The molecule has 2 saturated heterocycles. The van der Waals surface area contributed by atoms with Crippen molar-refractivity contribution in [3.8, 4) is 0 Å². The fourth-order valence-corrected chi connectivity index (χ4v) is 9.21. The van der Waals surface area contributed by atoms with Gasteiger partial charge in [-0.1, -0.05) is 13.8 Å². The van der Waals surface area contributed by atoms with Crippen LogP contribution in [0.25, 0.3) is 0 Å². The number of rotatable bonds is 34. The Hall–Kier alpha value is -6.14. The summed E-state index contributed by atoms with van der Waals surface area (Å²) in [6.07, 6.45) is 1.79. The van der Waals surface area contributed by atoms with E-state index in [1.807, 2.05) is 6.26 Å². The predicted octanol–water partition coefficient (Wildman–Crippen LogP) is -5.38. The number of carbonyl (C=O) groups excluding carboxylic acids is 10. The van der Waals surface area contributed by atoms with Crippen LogP contribution in [0.3, 0.4) is 0 Å². The number of likely N-dealkylation sites (tertiary alicyclic amines) is 1. The minimum absolute atomic E-state index is 0.00868. The molecule has 10 atom stereocenters. The van der Waals surface area contributed by atoms with Crippen molar-refractivity contribution in [1.29, 1.82) is 0 Å². The number of nitrogens with two attached hydrogens (primary N) is 5. The third kappa shape index (κ3) is 24.2. The van der Waals surface area contributed by atoms with E-state index >= 15 is 0 Å². The lowest BCUT2D eigenvalue weighted by atomic mass is 10.0. The first kappa shape index (κ1) is 66.0. The predicted molar refractivity (Wildman–Crippen MR) is 280 cm³/mol. The lowest BCUT2D eigenvalue weighted by molar-refractivity contribution is -0.143. The van der Waals surface area contributed by atoms with Gasteiger partial charge >= 0.3 is 7.82 Å². The molecule has 2 rings (SSSR count). The lowest BCUT2D eigenvalue weighted by Crippen LogP contribution is -2.62. The van der Waals surface area contributed by atoms with Gasteiger partial charge < -0.3 is 90.7 Å². The Morgan fingerprint density at radius 1 is 0.724 bits per heavy atom. The number of aliphatic imine (C=N–C) groups is 2. The Balaban J connectivity index is 2.45. The van der Waals surface area contributed by atoms with Gasteiger partial charge in [0.15, 0.2) is 11.9 Å². The minimum Gasteiger partial charge on any atom is -0.370 e. The summed E-state index contributed by atoms with van der Waals surface area (Å²) in [5.41, 5.74) is 27.3. The Morgan fingerprint density at radius 2 is 1.29 bits per heavy atom. The fraction of sp³-hybridized carbons (Fsp3) is 0.727.